The van der Waals surface area contributed by atoms with Crippen molar-refractivity contribution < 1.29 is 69.2 Å². The van der Waals surface area contributed by atoms with E-state index in [9.17, 15) is 39.5 Å². The fourth-order valence-corrected chi connectivity index (χ4v) is 5.44. The Hall–Kier alpha value is -3.81. The molecular formula is C29H36F9N5O6. The number of aromatic nitrogens is 2. The summed E-state index contributed by atoms with van der Waals surface area (Å²) in [7, 11) is 0. The Morgan fingerprint density at radius 3 is 1.67 bits per heavy atom. The fourth-order valence-electron chi connectivity index (χ4n) is 5.44. The number of hydrogen-bond acceptors (Lipinski definition) is 7. The minimum atomic E-state index is -5.08. The van der Waals surface area contributed by atoms with Crippen LogP contribution < -0.4 is 4.90 Å². The summed E-state index contributed by atoms with van der Waals surface area (Å²) in [5.74, 6) is -6.00. The van der Waals surface area contributed by atoms with Gasteiger partial charge in [0.25, 0.3) is 0 Å². The van der Waals surface area contributed by atoms with Gasteiger partial charge in [0.15, 0.2) is 0 Å². The maximum absolute atomic E-state index is 10.6. The maximum atomic E-state index is 10.6. The van der Waals surface area contributed by atoms with Gasteiger partial charge in [-0.1, -0.05) is 12.5 Å². The van der Waals surface area contributed by atoms with E-state index in [2.05, 4.69) is 43.5 Å². The molecule has 2 aromatic rings. The predicted octanol–water partition coefficient (Wildman–Crippen LogP) is 5.46. The number of fused-ring (bicyclic) bond motifs is 1. The van der Waals surface area contributed by atoms with Crippen LogP contribution in [-0.4, -0.2) is 116 Å². The molecule has 0 spiro atoms. The van der Waals surface area contributed by atoms with Gasteiger partial charge in [-0.3, -0.25) is 14.2 Å². The van der Waals surface area contributed by atoms with Gasteiger partial charge in [0, 0.05) is 51.5 Å². The summed E-state index contributed by atoms with van der Waals surface area (Å²) in [6, 6.07) is 7.93. The van der Waals surface area contributed by atoms with Gasteiger partial charge < -0.3 is 20.2 Å². The third-order valence-electron chi connectivity index (χ3n) is 8.29. The molecule has 2 aromatic heterocycles. The van der Waals surface area contributed by atoms with Crippen LogP contribution in [0.5, 0.6) is 0 Å². The molecule has 49 heavy (non-hydrogen) atoms. The van der Waals surface area contributed by atoms with Crippen molar-refractivity contribution in [3.8, 4) is 0 Å². The molecule has 4 heterocycles. The molecule has 0 radical (unpaired) electrons. The van der Waals surface area contributed by atoms with Crippen LogP contribution in [0.4, 0.5) is 45.3 Å². The molecule has 1 atom stereocenters. The zero-order valence-corrected chi connectivity index (χ0v) is 25.9. The second-order valence-electron chi connectivity index (χ2n) is 11.9. The predicted molar refractivity (Wildman–Crippen MR) is 154 cm³/mol. The Labute approximate surface area is 273 Å². The van der Waals surface area contributed by atoms with Crippen LogP contribution in [0.3, 0.4) is 0 Å². The van der Waals surface area contributed by atoms with Crippen molar-refractivity contribution in [3.05, 3.63) is 30.1 Å². The second-order valence-corrected chi connectivity index (χ2v) is 11.9. The van der Waals surface area contributed by atoms with Crippen LogP contribution in [0.15, 0.2) is 24.4 Å². The minimum absolute atomic E-state index is 0.460. The summed E-state index contributed by atoms with van der Waals surface area (Å²) < 4.78 is 97.6. The summed E-state index contributed by atoms with van der Waals surface area (Å²) in [5, 5.41) is 21.4. The summed E-state index contributed by atoms with van der Waals surface area (Å²) in [6.45, 7) is 7.26. The van der Waals surface area contributed by atoms with Crippen molar-refractivity contribution in [3.63, 3.8) is 0 Å². The largest absolute Gasteiger partial charge is 0.490 e. The lowest BCUT2D eigenvalue weighted by molar-refractivity contribution is -0.193. The van der Waals surface area contributed by atoms with E-state index < -0.39 is 36.4 Å². The van der Waals surface area contributed by atoms with Crippen molar-refractivity contribution in [1.29, 1.82) is 0 Å². The van der Waals surface area contributed by atoms with Gasteiger partial charge in [-0.2, -0.15) is 39.5 Å². The molecule has 2 saturated heterocycles. The van der Waals surface area contributed by atoms with Gasteiger partial charge in [0.2, 0.25) is 0 Å². The maximum Gasteiger partial charge on any atom is 0.490 e. The molecule has 20 heteroatoms. The number of imidazole rings is 1. The summed E-state index contributed by atoms with van der Waals surface area (Å²) >= 11 is 0. The Kier molecular flexibility index (Phi) is 13.2. The van der Waals surface area contributed by atoms with Crippen molar-refractivity contribution in [2.75, 3.05) is 44.2 Å². The number of hydrogen-bond donors (Lipinski definition) is 3. The van der Waals surface area contributed by atoms with Gasteiger partial charge in [0.1, 0.15) is 11.5 Å². The molecule has 4 fully saturated rings. The van der Waals surface area contributed by atoms with Crippen LogP contribution in [0, 0.1) is 5.92 Å². The van der Waals surface area contributed by atoms with Crippen LogP contribution in [-0.2, 0) is 14.4 Å². The first kappa shape index (κ1) is 39.6. The fraction of sp³-hybridized carbons (Fsp3) is 0.655. The van der Waals surface area contributed by atoms with Gasteiger partial charge in [0.05, 0.1) is 11.7 Å². The second kappa shape index (κ2) is 16.3. The highest BCUT2D eigenvalue weighted by Crippen LogP contribution is 2.37. The Bertz CT molecular complexity index is 1360. The number of carboxylic acids is 3. The minimum Gasteiger partial charge on any atom is -0.475 e. The molecule has 1 unspecified atom stereocenters. The number of carboxylic acid groups (broad SMARTS) is 3. The summed E-state index contributed by atoms with van der Waals surface area (Å²) in [6.07, 6.45) is -3.18. The van der Waals surface area contributed by atoms with Crippen molar-refractivity contribution in [1.82, 2.24) is 19.2 Å². The van der Waals surface area contributed by atoms with Crippen molar-refractivity contribution in [2.24, 2.45) is 5.92 Å². The lowest BCUT2D eigenvalue weighted by Gasteiger charge is -2.46. The number of alkyl halides is 9. The van der Waals surface area contributed by atoms with E-state index in [1.54, 1.807) is 0 Å². The number of aliphatic carboxylic acids is 3. The van der Waals surface area contributed by atoms with Gasteiger partial charge in [-0.25, -0.2) is 19.4 Å². The van der Waals surface area contributed by atoms with E-state index >= 15 is 0 Å². The molecule has 0 bridgehead atoms. The molecule has 3 N–H and O–H groups in total. The third kappa shape index (κ3) is 11.9. The number of anilines is 1. The highest BCUT2D eigenvalue weighted by atomic mass is 19.4. The molecule has 276 valence electrons. The first-order chi connectivity index (χ1) is 22.7. The Morgan fingerprint density at radius 1 is 0.735 bits per heavy atom. The number of halogens is 9. The zero-order valence-electron chi connectivity index (χ0n) is 25.9. The average Bonchev–Trinajstić information content (AvgIpc) is 3.42. The number of pyridine rings is 1. The van der Waals surface area contributed by atoms with E-state index in [4.69, 9.17) is 34.7 Å². The number of nitrogens with zero attached hydrogens (tertiary/aromatic N) is 5. The molecule has 0 amide bonds. The molecule has 4 aliphatic rings. The lowest BCUT2D eigenvalue weighted by Crippen LogP contribution is -2.53. The smallest absolute Gasteiger partial charge is 0.475 e. The Balaban J connectivity index is 0.000000255. The monoisotopic (exact) mass is 721 g/mol. The molecule has 0 aromatic carbocycles. The van der Waals surface area contributed by atoms with E-state index in [-0.39, 0.29) is 0 Å². The normalized spacial score (nSPS) is 20.6. The lowest BCUT2D eigenvalue weighted by atomic mass is 9.90. The molecule has 6 rings (SSSR count). The van der Waals surface area contributed by atoms with E-state index in [0.717, 1.165) is 17.6 Å². The van der Waals surface area contributed by atoms with Crippen molar-refractivity contribution >= 4 is 29.4 Å². The standard InChI is InChI=1S/C23H33N5.3C2HF3O2/c1-2-12-25(11-1)23-8-4-7-22-24-20(16-28(22)23)21-17-26(19-5-3-6-19)13-14-27(21)15-18-9-10-18;3*3-2(4,5)1(6)7/h4,7-8,16,18-19,21H,1-3,5-6,9-15,17H2;3*(H,6,7). The van der Waals surface area contributed by atoms with Gasteiger partial charge >= 0.3 is 36.4 Å². The average molecular weight is 722 g/mol. The zero-order chi connectivity index (χ0) is 36.7. The number of piperazine rings is 1. The van der Waals surface area contributed by atoms with E-state index in [1.165, 1.54) is 95.7 Å². The topological polar surface area (TPSA) is 139 Å². The first-order valence-electron chi connectivity index (χ1n) is 15.3. The van der Waals surface area contributed by atoms with Gasteiger partial charge in [-0.05, 0) is 56.6 Å². The van der Waals surface area contributed by atoms with Crippen LogP contribution in [0.1, 0.15) is 56.7 Å². The number of rotatable bonds is 5. The van der Waals surface area contributed by atoms with E-state index in [1.807, 2.05) is 0 Å². The van der Waals surface area contributed by atoms with Crippen LogP contribution in [0.2, 0.25) is 0 Å². The molecular weight excluding hydrogens is 685 g/mol. The Morgan fingerprint density at radius 2 is 1.24 bits per heavy atom. The molecule has 2 aliphatic heterocycles. The van der Waals surface area contributed by atoms with E-state index in [0.29, 0.717) is 6.04 Å². The van der Waals surface area contributed by atoms with Gasteiger partial charge in [-0.15, -0.1) is 0 Å². The highest BCUT2D eigenvalue weighted by Gasteiger charge is 2.40. The molecule has 2 saturated carbocycles. The molecule has 2 aliphatic carbocycles. The number of carbonyl (C=O) groups is 3. The third-order valence-corrected chi connectivity index (χ3v) is 8.29. The highest BCUT2D eigenvalue weighted by molar-refractivity contribution is 5.73. The quantitative estimate of drug-likeness (QED) is 0.342. The summed E-state index contributed by atoms with van der Waals surface area (Å²) in [5.41, 5.74) is 2.41. The SMILES string of the molecule is O=C(O)C(F)(F)F.O=C(O)C(F)(F)F.O=C(O)C(F)(F)F.c1cc(N2CCCC2)n2cc(C3CN(C4CCC4)CCN3CC3CC3)nc2c1. The first-order valence-corrected chi connectivity index (χ1v) is 15.3. The van der Waals surface area contributed by atoms with Crippen LogP contribution >= 0.6 is 0 Å². The molecule has 11 nitrogen and oxygen atoms in total. The summed E-state index contributed by atoms with van der Waals surface area (Å²) in [4.78, 5) is 39.9. The van der Waals surface area contributed by atoms with Crippen molar-refractivity contribution in [2.45, 2.75) is 75.6 Å². The van der Waals surface area contributed by atoms with Crippen LogP contribution in [0.25, 0.3) is 5.65 Å².